The van der Waals surface area contributed by atoms with Crippen LogP contribution in [0.3, 0.4) is 0 Å². The highest BCUT2D eigenvalue weighted by molar-refractivity contribution is 6.10. The molecule has 0 fully saturated rings. The van der Waals surface area contributed by atoms with E-state index in [0.717, 1.165) is 77.7 Å². The molecule has 2 heterocycles. The number of fused-ring (bicyclic) bond motifs is 2. The van der Waals surface area contributed by atoms with Crippen LogP contribution in [0.2, 0.25) is 0 Å². The highest BCUT2D eigenvalue weighted by atomic mass is 16.4. The van der Waals surface area contributed by atoms with Gasteiger partial charge in [0, 0.05) is 39.8 Å². The molecule has 0 saturated carbocycles. The molecule has 0 bridgehead atoms. The zero-order valence-corrected chi connectivity index (χ0v) is 40.1. The Kier molecular flexibility index (Phi) is 17.1. The number of benzene rings is 7. The quantitative estimate of drug-likeness (QED) is 0.0676. The minimum atomic E-state index is 0.342. The first kappa shape index (κ1) is 49.2. The van der Waals surface area contributed by atoms with Gasteiger partial charge in [0.25, 0.3) is 0 Å². The lowest BCUT2D eigenvalue weighted by Gasteiger charge is -2.07. The van der Waals surface area contributed by atoms with Crippen LogP contribution in [-0.2, 0) is 6.54 Å². The summed E-state index contributed by atoms with van der Waals surface area (Å²) >= 11 is 0. The average Bonchev–Trinajstić information content (AvgIpc) is 4.00. The fraction of sp³-hybridized carbons (Fsp3) is 0.0781. The van der Waals surface area contributed by atoms with Crippen LogP contribution in [0.25, 0.3) is 73.2 Å². The van der Waals surface area contributed by atoms with Crippen molar-refractivity contribution in [3.63, 3.8) is 0 Å². The summed E-state index contributed by atoms with van der Waals surface area (Å²) in [6.45, 7) is 10.5. The molecule has 348 valence electrons. The lowest BCUT2D eigenvalue weighted by atomic mass is 9.99. The predicted molar refractivity (Wildman–Crippen MR) is 298 cm³/mol. The molecule has 6 heteroatoms. The minimum absolute atomic E-state index is 0.342. The average molecular weight is 917 g/mol. The van der Waals surface area contributed by atoms with Crippen LogP contribution >= 0.6 is 0 Å². The van der Waals surface area contributed by atoms with Crippen molar-refractivity contribution in [2.45, 2.75) is 33.7 Å². The van der Waals surface area contributed by atoms with Gasteiger partial charge in [0.15, 0.2) is 11.5 Å². The van der Waals surface area contributed by atoms with E-state index >= 15 is 0 Å². The highest BCUT2D eigenvalue weighted by Crippen LogP contribution is 2.40. The zero-order valence-electron chi connectivity index (χ0n) is 40.1. The molecule has 0 radical (unpaired) electrons. The van der Waals surface area contributed by atoms with Crippen molar-refractivity contribution in [1.82, 2.24) is 0 Å². The molecule has 70 heavy (non-hydrogen) atoms. The van der Waals surface area contributed by atoms with Crippen molar-refractivity contribution in [2.75, 3.05) is 0 Å². The third-order valence-electron chi connectivity index (χ3n) is 11.5. The molecule has 0 amide bonds. The number of aryl methyl sites for hydroxylation is 1. The van der Waals surface area contributed by atoms with E-state index in [-0.39, 0.29) is 0 Å². The number of rotatable bonds is 13. The fourth-order valence-corrected chi connectivity index (χ4v) is 7.88. The van der Waals surface area contributed by atoms with Crippen LogP contribution in [0, 0.1) is 12.3 Å². The predicted octanol–water partition coefficient (Wildman–Crippen LogP) is 16.1. The van der Waals surface area contributed by atoms with Crippen molar-refractivity contribution >= 4 is 45.1 Å². The number of hydrogen-bond donors (Lipinski definition) is 4. The number of hydrogen-bond acceptors (Lipinski definition) is 6. The summed E-state index contributed by atoms with van der Waals surface area (Å²) in [5.41, 5.74) is 32.6. The van der Waals surface area contributed by atoms with Gasteiger partial charge in [0.1, 0.15) is 11.2 Å². The van der Waals surface area contributed by atoms with E-state index in [0.29, 0.717) is 35.9 Å². The molecule has 0 spiro atoms. The third-order valence-corrected chi connectivity index (χ3v) is 11.5. The minimum Gasteiger partial charge on any atom is -0.453 e. The van der Waals surface area contributed by atoms with Gasteiger partial charge >= 0.3 is 0 Å². The summed E-state index contributed by atoms with van der Waals surface area (Å²) < 4.78 is 13.1. The second kappa shape index (κ2) is 24.4. The summed E-state index contributed by atoms with van der Waals surface area (Å²) in [6.07, 6.45) is 16.4. The van der Waals surface area contributed by atoms with Crippen molar-refractivity contribution < 1.29 is 8.83 Å². The maximum Gasteiger partial charge on any atom is 0.177 e. The van der Waals surface area contributed by atoms with E-state index in [4.69, 9.17) is 31.4 Å². The molecule has 0 aliphatic rings. The van der Waals surface area contributed by atoms with Crippen LogP contribution in [0.5, 0.6) is 0 Å². The lowest BCUT2D eigenvalue weighted by molar-refractivity contribution is 0.569. The molecule has 0 atom stereocenters. The molecule has 0 aliphatic carbocycles. The summed E-state index contributed by atoms with van der Waals surface area (Å²) in [6, 6.07) is 60.6. The largest absolute Gasteiger partial charge is 0.453 e. The summed E-state index contributed by atoms with van der Waals surface area (Å²) in [5.74, 6) is 1.32. The first-order valence-corrected chi connectivity index (χ1v) is 23.4. The standard InChI is InChI=1S/C50H43N3O2.C7H9N.C7H8/c1-4-12-33(13-5-2)21-26-44(51)39-19-10-17-35(27-39)38-24-25-42-43(14-6-3)50(55-48(42)30-38)49-31-41-23-22-37(29-47(41)54-49)36-18-11-20-40(28-36)46(53)32-45(52)34-15-8-7-9-16-34;8-6-7-4-2-1-3-5-7;1-7-5-3-2-4-6-7/h4-20,22-32,53H,1,21,51-52H2,2-3H3;1-5H,6,8H2;2-6H,1H3/b13-5-,14-6-,33-12+,44-26-,45-32-,53-46?;;. The maximum atomic E-state index is 8.73. The first-order chi connectivity index (χ1) is 34.2. The second-order valence-electron chi connectivity index (χ2n) is 16.6. The molecule has 6 nitrogen and oxygen atoms in total. The van der Waals surface area contributed by atoms with Gasteiger partial charge in [-0.1, -0.05) is 200 Å². The van der Waals surface area contributed by atoms with Gasteiger partial charge in [-0.2, -0.15) is 0 Å². The molecule has 7 aromatic carbocycles. The summed E-state index contributed by atoms with van der Waals surface area (Å²) in [4.78, 5) is 0. The van der Waals surface area contributed by atoms with Gasteiger partial charge in [-0.15, -0.1) is 0 Å². The Morgan fingerprint density at radius 2 is 1.20 bits per heavy atom. The Morgan fingerprint density at radius 1 is 0.600 bits per heavy atom. The van der Waals surface area contributed by atoms with Crippen molar-refractivity contribution in [3.05, 3.63) is 270 Å². The maximum absolute atomic E-state index is 8.73. The number of nitrogens with two attached hydrogens (primary N) is 3. The molecule has 0 saturated heterocycles. The molecule has 0 unspecified atom stereocenters. The molecular formula is C64H60N4O2. The molecule has 2 aromatic heterocycles. The van der Waals surface area contributed by atoms with Crippen LogP contribution in [0.15, 0.2) is 246 Å². The first-order valence-electron chi connectivity index (χ1n) is 23.4. The summed E-state index contributed by atoms with van der Waals surface area (Å²) in [5, 5.41) is 10.7. The summed E-state index contributed by atoms with van der Waals surface area (Å²) in [7, 11) is 0. The Labute approximate surface area is 412 Å². The third kappa shape index (κ3) is 12.8. The van der Waals surface area contributed by atoms with E-state index in [9.17, 15) is 0 Å². The van der Waals surface area contributed by atoms with Gasteiger partial charge in [-0.05, 0) is 114 Å². The van der Waals surface area contributed by atoms with Gasteiger partial charge < -0.3 is 31.4 Å². The van der Waals surface area contributed by atoms with Crippen LogP contribution < -0.4 is 17.2 Å². The molecule has 9 rings (SSSR count). The van der Waals surface area contributed by atoms with Crippen LogP contribution in [0.1, 0.15) is 53.6 Å². The van der Waals surface area contributed by atoms with E-state index in [1.165, 1.54) is 11.1 Å². The smallest absolute Gasteiger partial charge is 0.177 e. The zero-order chi connectivity index (χ0) is 49.2. The fourth-order valence-electron chi connectivity index (χ4n) is 7.88. The van der Waals surface area contributed by atoms with Crippen LogP contribution in [0.4, 0.5) is 0 Å². The van der Waals surface area contributed by atoms with E-state index in [1.54, 1.807) is 12.2 Å². The van der Waals surface area contributed by atoms with Gasteiger partial charge in [0.05, 0.1) is 5.71 Å². The van der Waals surface area contributed by atoms with Crippen molar-refractivity contribution in [3.8, 4) is 33.8 Å². The van der Waals surface area contributed by atoms with Gasteiger partial charge in [-0.3, -0.25) is 0 Å². The number of furan rings is 2. The molecular weight excluding hydrogens is 857 g/mol. The number of allylic oxidation sites excluding steroid dienone is 8. The second-order valence-corrected chi connectivity index (χ2v) is 16.6. The monoisotopic (exact) mass is 916 g/mol. The van der Waals surface area contributed by atoms with E-state index in [2.05, 4.69) is 80.3 Å². The normalized spacial score (nSPS) is 11.9. The Balaban J connectivity index is 0.000000409. The number of nitrogens with one attached hydrogen (secondary N) is 1. The Hall–Kier alpha value is -8.71. The van der Waals surface area contributed by atoms with Gasteiger partial charge in [0.2, 0.25) is 0 Å². The van der Waals surface area contributed by atoms with Crippen molar-refractivity contribution in [1.29, 1.82) is 5.41 Å². The Bertz CT molecular complexity index is 3350. The lowest BCUT2D eigenvalue weighted by Crippen LogP contribution is -2.02. The Morgan fingerprint density at radius 3 is 1.81 bits per heavy atom. The molecule has 0 aliphatic heterocycles. The molecule has 9 aromatic rings. The van der Waals surface area contributed by atoms with E-state index < -0.39 is 0 Å². The van der Waals surface area contributed by atoms with Crippen LogP contribution in [-0.4, -0.2) is 5.71 Å². The SMILES string of the molecule is C=C/C=C(\C=C/C)C/C=C(\N)c1cccc(-c2ccc3c(/C=C\C)c(-c4cc5ccc(-c6cccc(C(=N)/C=C(\N)c7ccccc7)c6)cc5o4)oc3c2)c1.Cc1ccccc1.NCc1ccccc1. The van der Waals surface area contributed by atoms with Crippen molar-refractivity contribution in [2.24, 2.45) is 17.2 Å². The van der Waals surface area contributed by atoms with Gasteiger partial charge in [-0.25, -0.2) is 0 Å². The molecule has 7 N–H and O–H groups in total. The topological polar surface area (TPSA) is 128 Å². The van der Waals surface area contributed by atoms with E-state index in [1.807, 2.05) is 166 Å². The highest BCUT2D eigenvalue weighted by Gasteiger charge is 2.19.